The van der Waals surface area contributed by atoms with Crippen molar-refractivity contribution < 1.29 is 27.5 Å². The molecule has 6 rings (SSSR count). The molecule has 1 amide bonds. The lowest BCUT2D eigenvalue weighted by molar-refractivity contribution is -0.126. The Morgan fingerprint density at radius 3 is 2.61 bits per heavy atom. The molecule has 0 bridgehead atoms. The van der Waals surface area contributed by atoms with E-state index in [-0.39, 0.29) is 30.5 Å². The van der Waals surface area contributed by atoms with Crippen LogP contribution in [-0.4, -0.2) is 53.9 Å². The number of halogens is 2. The Morgan fingerprint density at radius 2 is 1.89 bits per heavy atom. The number of nitrogens with zero attached hydrogens (tertiary/aromatic N) is 1. The van der Waals surface area contributed by atoms with E-state index in [4.69, 9.17) is 13.9 Å². The Bertz CT molecular complexity index is 1780. The van der Waals surface area contributed by atoms with Crippen molar-refractivity contribution in [2.75, 3.05) is 25.9 Å². The lowest BCUT2D eigenvalue weighted by Crippen LogP contribution is -2.49. The van der Waals surface area contributed by atoms with E-state index in [0.29, 0.717) is 59.7 Å². The first-order valence-corrected chi connectivity index (χ1v) is 15.9. The fraction of sp³-hybridized carbons (Fsp3) is 0.394. The average molecular weight is 624 g/mol. The van der Waals surface area contributed by atoms with Crippen LogP contribution in [0.4, 0.5) is 8.78 Å². The summed E-state index contributed by atoms with van der Waals surface area (Å²) in [6.45, 7) is 6.41. The third kappa shape index (κ3) is 5.70. The quantitative estimate of drug-likeness (QED) is 0.216. The lowest BCUT2D eigenvalue weighted by atomic mass is 9.89. The van der Waals surface area contributed by atoms with Crippen molar-refractivity contribution in [3.63, 3.8) is 0 Å². The average Bonchev–Trinajstić information content (AvgIpc) is 3.61. The third-order valence-electron chi connectivity index (χ3n) is 8.70. The normalized spacial score (nSPS) is 18.8. The smallest absolute Gasteiger partial charge is 0.254 e. The van der Waals surface area contributed by atoms with Crippen LogP contribution in [-0.2, 0) is 6.54 Å². The highest BCUT2D eigenvalue weighted by Crippen LogP contribution is 2.52. The second-order valence-corrected chi connectivity index (χ2v) is 12.5. The molecule has 2 aliphatic rings. The first-order valence-electron chi connectivity index (χ1n) is 14.6. The van der Waals surface area contributed by atoms with E-state index in [1.807, 2.05) is 57.4 Å². The van der Waals surface area contributed by atoms with E-state index >= 15 is 0 Å². The number of furan rings is 1. The second-order valence-electron chi connectivity index (χ2n) is 11.6. The monoisotopic (exact) mass is 623 g/mol. The Labute approximate surface area is 258 Å². The summed E-state index contributed by atoms with van der Waals surface area (Å²) in [6, 6.07) is 11.3. The summed E-state index contributed by atoms with van der Waals surface area (Å²) in [5.74, 6) is -0.395. The lowest BCUT2D eigenvalue weighted by Gasteiger charge is -2.38. The molecule has 1 atom stereocenters. The van der Waals surface area contributed by atoms with Crippen molar-refractivity contribution >= 4 is 28.6 Å². The number of aromatic amines is 1. The summed E-state index contributed by atoms with van der Waals surface area (Å²) < 4.78 is 44.7. The maximum absolute atomic E-state index is 13.8. The van der Waals surface area contributed by atoms with Gasteiger partial charge in [0, 0.05) is 57.6 Å². The van der Waals surface area contributed by atoms with Gasteiger partial charge < -0.3 is 24.2 Å². The molecule has 44 heavy (non-hydrogen) atoms. The van der Waals surface area contributed by atoms with Gasteiger partial charge in [-0.25, -0.2) is 8.78 Å². The largest absolute Gasteiger partial charge is 0.464 e. The topological polar surface area (TPSA) is 96.8 Å². The van der Waals surface area contributed by atoms with Gasteiger partial charge in [-0.05, 0) is 81.9 Å². The van der Waals surface area contributed by atoms with E-state index in [1.54, 1.807) is 17.2 Å². The molecule has 11 heteroatoms. The first kappa shape index (κ1) is 30.2. The van der Waals surface area contributed by atoms with Gasteiger partial charge in [-0.3, -0.25) is 14.5 Å². The van der Waals surface area contributed by atoms with Gasteiger partial charge in [0.15, 0.2) is 11.5 Å². The van der Waals surface area contributed by atoms with Crippen LogP contribution in [0.2, 0.25) is 0 Å². The number of likely N-dealkylation sites (tertiary alicyclic amines) is 1. The molecule has 2 aromatic heterocycles. The number of aryl methyl sites for hydroxylation is 1. The predicted molar refractivity (Wildman–Crippen MR) is 166 cm³/mol. The first-order chi connectivity index (χ1) is 21.1. The molecule has 2 aliphatic heterocycles. The van der Waals surface area contributed by atoms with Crippen molar-refractivity contribution in [3.8, 4) is 22.6 Å². The third-order valence-corrected chi connectivity index (χ3v) is 9.51. The highest BCUT2D eigenvalue weighted by molar-refractivity contribution is 7.98. The number of carbonyl (C=O) groups excluding carboxylic acids is 1. The minimum absolute atomic E-state index is 0.0390. The number of carbonyl (C=O) groups is 1. The van der Waals surface area contributed by atoms with E-state index < -0.39 is 12.2 Å². The second kappa shape index (κ2) is 11.9. The van der Waals surface area contributed by atoms with Gasteiger partial charge in [0.2, 0.25) is 0 Å². The van der Waals surface area contributed by atoms with E-state index in [0.717, 1.165) is 27.1 Å². The van der Waals surface area contributed by atoms with Crippen molar-refractivity contribution in [2.24, 2.45) is 5.92 Å². The van der Waals surface area contributed by atoms with Gasteiger partial charge in [-0.1, -0.05) is 6.07 Å². The summed E-state index contributed by atoms with van der Waals surface area (Å²) >= 11 is 1.45. The zero-order valence-electron chi connectivity index (χ0n) is 25.1. The molecule has 0 aliphatic carbocycles. The summed E-state index contributed by atoms with van der Waals surface area (Å²) in [4.78, 5) is 31.8. The van der Waals surface area contributed by atoms with Crippen LogP contribution in [0, 0.1) is 19.8 Å². The van der Waals surface area contributed by atoms with Gasteiger partial charge in [0.25, 0.3) is 23.7 Å². The maximum atomic E-state index is 13.8. The number of benzene rings is 2. The molecule has 4 heterocycles. The highest BCUT2D eigenvalue weighted by Gasteiger charge is 2.47. The number of amides is 1. The number of thioether (sulfide) groups is 1. The summed E-state index contributed by atoms with van der Waals surface area (Å²) in [7, 11) is 0. The van der Waals surface area contributed by atoms with Crippen molar-refractivity contribution in [3.05, 3.63) is 75.4 Å². The number of aromatic nitrogens is 1. The fourth-order valence-electron chi connectivity index (χ4n) is 6.27. The van der Waals surface area contributed by atoms with Gasteiger partial charge >= 0.3 is 0 Å². The Hall–Kier alpha value is -3.83. The van der Waals surface area contributed by atoms with E-state index in [9.17, 15) is 18.4 Å². The number of pyridine rings is 1. The molecule has 1 unspecified atom stereocenters. The van der Waals surface area contributed by atoms with Gasteiger partial charge in [0.05, 0.1) is 12.8 Å². The zero-order valence-corrected chi connectivity index (χ0v) is 25.9. The standard InChI is InChI=1S/C33H35F2N3O5S/c1-18-13-27(44-4)25(32(40)37-18)16-36-31(39)23-15-24(20-5-6-26-21(14-20)9-12-41-26)30-29(19(23)2)42-33(3,43-30)22-7-10-38(11-8-22)17-28(34)35/h5-6,9,12-15,22,28H,7-8,10-11,16-17H2,1-4H3,(H,36,39)(H,37,40). The number of piperidine rings is 1. The predicted octanol–water partition coefficient (Wildman–Crippen LogP) is 6.52. The number of H-pyrrole nitrogens is 1. The molecule has 1 saturated heterocycles. The van der Waals surface area contributed by atoms with Crippen LogP contribution in [0.25, 0.3) is 22.1 Å². The van der Waals surface area contributed by atoms with Crippen LogP contribution < -0.4 is 20.3 Å². The minimum atomic E-state index is -2.37. The number of alkyl halides is 2. The molecule has 2 aromatic carbocycles. The molecule has 232 valence electrons. The molecule has 1 fully saturated rings. The SMILES string of the molecule is CSc1cc(C)[nH]c(=O)c1CNC(=O)c1cc(-c2ccc3occc3c2)c2c(c1C)OC(C)(C1CCN(CC(F)F)CC1)O2. The van der Waals surface area contributed by atoms with Crippen LogP contribution in [0.5, 0.6) is 11.5 Å². The van der Waals surface area contributed by atoms with Crippen molar-refractivity contribution in [1.29, 1.82) is 0 Å². The molecule has 0 radical (unpaired) electrons. The number of ether oxygens (including phenoxy) is 2. The molecule has 2 N–H and O–H groups in total. The van der Waals surface area contributed by atoms with E-state index in [1.165, 1.54) is 11.8 Å². The zero-order chi connectivity index (χ0) is 31.2. The maximum Gasteiger partial charge on any atom is 0.254 e. The van der Waals surface area contributed by atoms with Crippen molar-refractivity contribution in [1.82, 2.24) is 15.2 Å². The molecule has 0 saturated carbocycles. The molecular weight excluding hydrogens is 588 g/mol. The minimum Gasteiger partial charge on any atom is -0.464 e. The van der Waals surface area contributed by atoms with Gasteiger partial charge in [0.1, 0.15) is 5.58 Å². The Kier molecular flexibility index (Phi) is 8.19. The molecule has 4 aromatic rings. The summed E-state index contributed by atoms with van der Waals surface area (Å²) in [5.41, 5.74) is 4.28. The van der Waals surface area contributed by atoms with E-state index in [2.05, 4.69) is 10.3 Å². The molecule has 8 nitrogen and oxygen atoms in total. The number of fused-ring (bicyclic) bond motifs is 2. The van der Waals surface area contributed by atoms with Crippen LogP contribution >= 0.6 is 11.8 Å². The number of hydrogen-bond acceptors (Lipinski definition) is 7. The number of nitrogens with one attached hydrogen (secondary N) is 2. The fourth-order valence-corrected chi connectivity index (χ4v) is 6.98. The summed E-state index contributed by atoms with van der Waals surface area (Å²) in [6.07, 6.45) is 2.43. The van der Waals surface area contributed by atoms with Gasteiger partial charge in [-0.15, -0.1) is 11.8 Å². The number of hydrogen-bond donors (Lipinski definition) is 2. The number of rotatable bonds is 8. The summed E-state index contributed by atoms with van der Waals surface area (Å²) in [5, 5.41) is 3.84. The molecular formula is C33H35F2N3O5S. The molecule has 0 spiro atoms. The Morgan fingerprint density at radius 1 is 1.14 bits per heavy atom. The van der Waals surface area contributed by atoms with Gasteiger partial charge in [-0.2, -0.15) is 0 Å². The van der Waals surface area contributed by atoms with Crippen molar-refractivity contribution in [2.45, 2.75) is 57.3 Å². The van der Waals surface area contributed by atoms with Crippen LogP contribution in [0.15, 0.2) is 56.8 Å². The highest BCUT2D eigenvalue weighted by atomic mass is 32.2. The van der Waals surface area contributed by atoms with Crippen LogP contribution in [0.3, 0.4) is 0 Å². The Balaban J connectivity index is 1.34. The van der Waals surface area contributed by atoms with Crippen LogP contribution in [0.1, 0.15) is 46.9 Å².